The van der Waals surface area contributed by atoms with Crippen LogP contribution >= 0.6 is 0 Å². The molecule has 0 saturated heterocycles. The van der Waals surface area contributed by atoms with E-state index in [1.807, 2.05) is 6.07 Å². The molecule has 2 aromatic carbocycles. The summed E-state index contributed by atoms with van der Waals surface area (Å²) in [4.78, 5) is 12.4. The van der Waals surface area contributed by atoms with Gasteiger partial charge in [0.05, 0.1) is 28.6 Å². The van der Waals surface area contributed by atoms with Gasteiger partial charge in [0.2, 0.25) is 10.0 Å². The number of benzene rings is 2. The van der Waals surface area contributed by atoms with E-state index in [1.54, 1.807) is 43.3 Å². The van der Waals surface area contributed by atoms with Crippen molar-refractivity contribution >= 4 is 27.3 Å². The maximum atomic E-state index is 12.4. The Kier molecular flexibility index (Phi) is 5.55. The average molecular weight is 343 g/mol. The molecule has 0 radical (unpaired) electrons. The molecule has 24 heavy (non-hydrogen) atoms. The molecule has 0 atom stereocenters. The summed E-state index contributed by atoms with van der Waals surface area (Å²) in [6.07, 6.45) is 0.477. The molecule has 0 heterocycles. The first kappa shape index (κ1) is 17.5. The van der Waals surface area contributed by atoms with Gasteiger partial charge in [-0.25, -0.2) is 8.42 Å². The van der Waals surface area contributed by atoms with Crippen LogP contribution in [0.3, 0.4) is 0 Å². The van der Waals surface area contributed by atoms with Crippen molar-refractivity contribution < 1.29 is 13.2 Å². The standard InChI is InChI=1S/C17H17N3O3S/c1-2-10-24(22,23)20-16-9-4-3-8-15(16)17(21)19-14-7-5-6-13(11-14)12-18/h3-9,11,20H,2,10H2,1H3,(H,19,21). The second-order valence-corrected chi connectivity index (χ2v) is 6.96. The number of amides is 1. The molecule has 0 fully saturated rings. The zero-order chi connectivity index (χ0) is 17.6. The Labute approximate surface area is 141 Å². The highest BCUT2D eigenvalue weighted by Gasteiger charge is 2.16. The van der Waals surface area contributed by atoms with E-state index >= 15 is 0 Å². The lowest BCUT2D eigenvalue weighted by atomic mass is 10.1. The zero-order valence-corrected chi connectivity index (χ0v) is 13.9. The molecule has 6 nitrogen and oxygen atoms in total. The number of nitrogens with zero attached hydrogens (tertiary/aromatic N) is 1. The van der Waals surface area contributed by atoms with Gasteiger partial charge in [0.15, 0.2) is 0 Å². The van der Waals surface area contributed by atoms with Crippen molar-refractivity contribution in [1.82, 2.24) is 0 Å². The molecule has 7 heteroatoms. The molecule has 0 spiro atoms. The maximum Gasteiger partial charge on any atom is 0.257 e. The molecule has 124 valence electrons. The van der Waals surface area contributed by atoms with Gasteiger partial charge in [0.25, 0.3) is 5.91 Å². The molecule has 0 aliphatic heterocycles. The minimum atomic E-state index is -3.50. The lowest BCUT2D eigenvalue weighted by molar-refractivity contribution is 0.102. The normalized spacial score (nSPS) is 10.7. The number of carbonyl (C=O) groups is 1. The smallest absolute Gasteiger partial charge is 0.257 e. The second-order valence-electron chi connectivity index (χ2n) is 5.11. The van der Waals surface area contributed by atoms with Crippen LogP contribution in [0.1, 0.15) is 29.3 Å². The van der Waals surface area contributed by atoms with Crippen LogP contribution in [0.5, 0.6) is 0 Å². The van der Waals surface area contributed by atoms with Crippen LogP contribution in [0.15, 0.2) is 48.5 Å². The van der Waals surface area contributed by atoms with Gasteiger partial charge >= 0.3 is 0 Å². The van der Waals surface area contributed by atoms with Crippen LogP contribution in [-0.4, -0.2) is 20.1 Å². The molecular weight excluding hydrogens is 326 g/mol. The van der Waals surface area contributed by atoms with E-state index in [4.69, 9.17) is 5.26 Å². The van der Waals surface area contributed by atoms with Crippen molar-refractivity contribution in [3.05, 3.63) is 59.7 Å². The van der Waals surface area contributed by atoms with Crippen LogP contribution in [0, 0.1) is 11.3 Å². The van der Waals surface area contributed by atoms with Crippen molar-refractivity contribution in [2.24, 2.45) is 0 Å². The Balaban J connectivity index is 2.25. The minimum Gasteiger partial charge on any atom is -0.322 e. The minimum absolute atomic E-state index is 0.0207. The van der Waals surface area contributed by atoms with E-state index < -0.39 is 15.9 Å². The van der Waals surface area contributed by atoms with E-state index in [9.17, 15) is 13.2 Å². The maximum absolute atomic E-state index is 12.4. The van der Waals surface area contributed by atoms with Crippen LogP contribution < -0.4 is 10.0 Å². The summed E-state index contributed by atoms with van der Waals surface area (Å²) in [6, 6.07) is 14.8. The molecule has 2 rings (SSSR count). The molecular formula is C17H17N3O3S. The molecule has 0 saturated carbocycles. The summed E-state index contributed by atoms with van der Waals surface area (Å²) in [5.41, 5.74) is 1.31. The number of sulfonamides is 1. The van der Waals surface area contributed by atoms with Crippen LogP contribution in [0.4, 0.5) is 11.4 Å². The fourth-order valence-corrected chi connectivity index (χ4v) is 3.27. The van der Waals surface area contributed by atoms with E-state index in [1.165, 1.54) is 12.1 Å². The Bertz CT molecular complexity index is 886. The molecule has 0 aliphatic carbocycles. The number of nitrogens with one attached hydrogen (secondary N) is 2. The van der Waals surface area contributed by atoms with Gasteiger partial charge in [0, 0.05) is 5.69 Å². The number of hydrogen-bond acceptors (Lipinski definition) is 4. The molecule has 0 aromatic heterocycles. The number of nitriles is 1. The summed E-state index contributed by atoms with van der Waals surface area (Å²) in [5, 5.41) is 11.6. The van der Waals surface area contributed by atoms with Crippen molar-refractivity contribution in [2.45, 2.75) is 13.3 Å². The highest BCUT2D eigenvalue weighted by molar-refractivity contribution is 7.92. The molecule has 2 aromatic rings. The molecule has 1 amide bonds. The van der Waals surface area contributed by atoms with Crippen molar-refractivity contribution in [3.8, 4) is 6.07 Å². The van der Waals surface area contributed by atoms with Gasteiger partial charge < -0.3 is 5.32 Å². The van der Waals surface area contributed by atoms with Crippen molar-refractivity contribution in [2.75, 3.05) is 15.8 Å². The fraction of sp³-hybridized carbons (Fsp3) is 0.176. The molecule has 0 unspecified atom stereocenters. The summed E-state index contributed by atoms with van der Waals surface area (Å²) in [5.74, 6) is -0.479. The van der Waals surface area contributed by atoms with E-state index in [0.29, 0.717) is 17.7 Å². The van der Waals surface area contributed by atoms with E-state index in [0.717, 1.165) is 0 Å². The average Bonchev–Trinajstić information content (AvgIpc) is 2.55. The van der Waals surface area contributed by atoms with Crippen molar-refractivity contribution in [3.63, 3.8) is 0 Å². The first-order valence-electron chi connectivity index (χ1n) is 7.36. The van der Waals surface area contributed by atoms with Gasteiger partial charge in [0.1, 0.15) is 0 Å². The third kappa shape index (κ3) is 4.57. The van der Waals surface area contributed by atoms with Crippen LogP contribution in [0.25, 0.3) is 0 Å². The highest BCUT2D eigenvalue weighted by Crippen LogP contribution is 2.19. The summed E-state index contributed by atoms with van der Waals surface area (Å²) in [7, 11) is -3.50. The topological polar surface area (TPSA) is 99.1 Å². The van der Waals surface area contributed by atoms with Crippen LogP contribution in [0.2, 0.25) is 0 Å². The third-order valence-corrected chi connectivity index (χ3v) is 4.64. The molecule has 0 bridgehead atoms. The van der Waals surface area contributed by atoms with Crippen LogP contribution in [-0.2, 0) is 10.0 Å². The Hall–Kier alpha value is -2.85. The number of carbonyl (C=O) groups excluding carboxylic acids is 1. The number of anilines is 2. The monoisotopic (exact) mass is 343 g/mol. The second kappa shape index (κ2) is 7.62. The highest BCUT2D eigenvalue weighted by atomic mass is 32.2. The summed E-state index contributed by atoms with van der Waals surface area (Å²) < 4.78 is 26.3. The Morgan fingerprint density at radius 1 is 1.17 bits per heavy atom. The van der Waals surface area contributed by atoms with Gasteiger partial charge in [-0.3, -0.25) is 9.52 Å². The first-order chi connectivity index (χ1) is 11.4. The number of rotatable bonds is 6. The summed E-state index contributed by atoms with van der Waals surface area (Å²) >= 11 is 0. The predicted octanol–water partition coefficient (Wildman–Crippen LogP) is 2.96. The lowest BCUT2D eigenvalue weighted by Gasteiger charge is -2.12. The number of para-hydroxylation sites is 1. The van der Waals surface area contributed by atoms with Gasteiger partial charge in [-0.2, -0.15) is 5.26 Å². The van der Waals surface area contributed by atoms with Gasteiger partial charge in [-0.1, -0.05) is 25.1 Å². The van der Waals surface area contributed by atoms with Gasteiger partial charge in [-0.05, 0) is 36.8 Å². The summed E-state index contributed by atoms with van der Waals surface area (Å²) in [6.45, 7) is 1.76. The Morgan fingerprint density at radius 3 is 2.62 bits per heavy atom. The molecule has 0 aliphatic rings. The largest absolute Gasteiger partial charge is 0.322 e. The zero-order valence-electron chi connectivity index (χ0n) is 13.1. The Morgan fingerprint density at radius 2 is 1.92 bits per heavy atom. The quantitative estimate of drug-likeness (QED) is 0.842. The number of hydrogen-bond donors (Lipinski definition) is 2. The predicted molar refractivity (Wildman–Crippen MR) is 93.3 cm³/mol. The van der Waals surface area contributed by atoms with E-state index in [-0.39, 0.29) is 17.0 Å². The van der Waals surface area contributed by atoms with E-state index in [2.05, 4.69) is 10.0 Å². The first-order valence-corrected chi connectivity index (χ1v) is 9.01. The molecule has 2 N–H and O–H groups in total. The van der Waals surface area contributed by atoms with Gasteiger partial charge in [-0.15, -0.1) is 0 Å². The lowest BCUT2D eigenvalue weighted by Crippen LogP contribution is -2.20. The third-order valence-electron chi connectivity index (χ3n) is 3.16. The fourth-order valence-electron chi connectivity index (χ4n) is 2.12. The SMILES string of the molecule is CCCS(=O)(=O)Nc1ccccc1C(=O)Nc1cccc(C#N)c1. The van der Waals surface area contributed by atoms with Crippen molar-refractivity contribution in [1.29, 1.82) is 5.26 Å².